The lowest BCUT2D eigenvalue weighted by molar-refractivity contribution is 0.435. The van der Waals surface area contributed by atoms with Gasteiger partial charge in [0.1, 0.15) is 5.69 Å². The molecule has 1 N–H and O–H groups in total. The first-order valence-corrected chi connectivity index (χ1v) is 7.23. The van der Waals surface area contributed by atoms with Gasteiger partial charge >= 0.3 is 0 Å². The first-order chi connectivity index (χ1) is 9.34. The standard InChI is InChI=1S/C17H24N2O/c1-6-8-14-15(20)16(17(3,4)5)19(18-14)13-10-7-9-12(2)11-13/h7,9-11,20H,6,8H2,1-5H3. The minimum Gasteiger partial charge on any atom is -0.504 e. The van der Waals surface area contributed by atoms with Crippen molar-refractivity contribution in [3.8, 4) is 11.4 Å². The fourth-order valence-corrected chi connectivity index (χ4v) is 2.48. The number of hydrogen-bond acceptors (Lipinski definition) is 2. The van der Waals surface area contributed by atoms with E-state index < -0.39 is 0 Å². The summed E-state index contributed by atoms with van der Waals surface area (Å²) in [7, 11) is 0. The third kappa shape index (κ3) is 2.72. The van der Waals surface area contributed by atoms with Crippen LogP contribution in [0, 0.1) is 6.92 Å². The van der Waals surface area contributed by atoms with Crippen LogP contribution in [0.3, 0.4) is 0 Å². The second-order valence-electron chi connectivity index (χ2n) is 6.39. The van der Waals surface area contributed by atoms with E-state index in [1.54, 1.807) is 0 Å². The molecule has 0 atom stereocenters. The molecule has 0 unspecified atom stereocenters. The van der Waals surface area contributed by atoms with Gasteiger partial charge in [0, 0.05) is 5.41 Å². The van der Waals surface area contributed by atoms with Gasteiger partial charge in [0.15, 0.2) is 5.75 Å². The van der Waals surface area contributed by atoms with Crippen molar-refractivity contribution in [1.82, 2.24) is 9.78 Å². The van der Waals surface area contributed by atoms with Crippen LogP contribution in [0.5, 0.6) is 5.75 Å². The molecule has 0 saturated carbocycles. The van der Waals surface area contributed by atoms with Crippen molar-refractivity contribution in [3.63, 3.8) is 0 Å². The quantitative estimate of drug-likeness (QED) is 0.912. The molecule has 0 amide bonds. The van der Waals surface area contributed by atoms with E-state index in [0.29, 0.717) is 5.75 Å². The zero-order valence-corrected chi connectivity index (χ0v) is 13.1. The summed E-state index contributed by atoms with van der Waals surface area (Å²) in [5.41, 5.74) is 3.71. The van der Waals surface area contributed by atoms with E-state index in [0.717, 1.165) is 29.9 Å². The lowest BCUT2D eigenvalue weighted by Crippen LogP contribution is -2.17. The summed E-state index contributed by atoms with van der Waals surface area (Å²) in [5, 5.41) is 15.2. The number of aryl methyl sites for hydroxylation is 2. The Kier molecular flexibility index (Phi) is 3.89. The molecule has 0 bridgehead atoms. The third-order valence-corrected chi connectivity index (χ3v) is 3.37. The molecule has 3 heteroatoms. The Hall–Kier alpha value is -1.77. The molecule has 20 heavy (non-hydrogen) atoms. The van der Waals surface area contributed by atoms with Crippen LogP contribution in [-0.2, 0) is 11.8 Å². The highest BCUT2D eigenvalue weighted by Crippen LogP contribution is 2.35. The van der Waals surface area contributed by atoms with Gasteiger partial charge in [-0.25, -0.2) is 4.68 Å². The van der Waals surface area contributed by atoms with E-state index in [1.165, 1.54) is 5.56 Å². The van der Waals surface area contributed by atoms with Crippen LogP contribution in [0.15, 0.2) is 24.3 Å². The van der Waals surface area contributed by atoms with Gasteiger partial charge in [-0.3, -0.25) is 0 Å². The molecular formula is C17H24N2O. The average Bonchev–Trinajstić information content (AvgIpc) is 2.67. The van der Waals surface area contributed by atoms with Gasteiger partial charge in [0.2, 0.25) is 0 Å². The fraction of sp³-hybridized carbons (Fsp3) is 0.471. The van der Waals surface area contributed by atoms with Crippen LogP contribution in [-0.4, -0.2) is 14.9 Å². The number of hydrogen-bond donors (Lipinski definition) is 1. The third-order valence-electron chi connectivity index (χ3n) is 3.37. The molecule has 108 valence electrons. The van der Waals surface area contributed by atoms with Gasteiger partial charge in [-0.2, -0.15) is 5.10 Å². The van der Waals surface area contributed by atoms with Crippen molar-refractivity contribution in [2.24, 2.45) is 0 Å². The van der Waals surface area contributed by atoms with Crippen LogP contribution < -0.4 is 0 Å². The molecule has 2 rings (SSSR count). The number of nitrogens with zero attached hydrogens (tertiary/aromatic N) is 2. The summed E-state index contributed by atoms with van der Waals surface area (Å²) >= 11 is 0. The molecule has 0 spiro atoms. The van der Waals surface area contributed by atoms with Crippen molar-refractivity contribution in [1.29, 1.82) is 0 Å². The van der Waals surface area contributed by atoms with Gasteiger partial charge in [0.25, 0.3) is 0 Å². The second-order valence-corrected chi connectivity index (χ2v) is 6.39. The molecule has 0 fully saturated rings. The Morgan fingerprint density at radius 2 is 1.95 bits per heavy atom. The van der Waals surface area contributed by atoms with Gasteiger partial charge in [0.05, 0.1) is 11.4 Å². The molecule has 0 aliphatic rings. The predicted octanol–water partition coefficient (Wildman–Crippen LogP) is 4.14. The maximum absolute atomic E-state index is 10.5. The molecule has 1 aromatic heterocycles. The summed E-state index contributed by atoms with van der Waals surface area (Å²) < 4.78 is 1.90. The molecule has 3 nitrogen and oxygen atoms in total. The number of aromatic hydroxyl groups is 1. The fourth-order valence-electron chi connectivity index (χ4n) is 2.48. The Morgan fingerprint density at radius 1 is 1.25 bits per heavy atom. The molecular weight excluding hydrogens is 248 g/mol. The summed E-state index contributed by atoms with van der Waals surface area (Å²) in [6.45, 7) is 10.5. The van der Waals surface area contributed by atoms with E-state index in [2.05, 4.69) is 51.9 Å². The lowest BCUT2D eigenvalue weighted by Gasteiger charge is -2.20. The molecule has 0 saturated heterocycles. The predicted molar refractivity (Wildman–Crippen MR) is 82.7 cm³/mol. The number of benzene rings is 1. The highest BCUT2D eigenvalue weighted by Gasteiger charge is 2.27. The largest absolute Gasteiger partial charge is 0.504 e. The van der Waals surface area contributed by atoms with Gasteiger partial charge in [-0.1, -0.05) is 46.2 Å². The van der Waals surface area contributed by atoms with E-state index in [-0.39, 0.29) is 5.41 Å². The maximum Gasteiger partial charge on any atom is 0.161 e. The lowest BCUT2D eigenvalue weighted by atomic mass is 9.90. The van der Waals surface area contributed by atoms with Gasteiger partial charge < -0.3 is 5.11 Å². The summed E-state index contributed by atoms with van der Waals surface area (Å²) in [6, 6.07) is 8.22. The normalized spacial score (nSPS) is 11.8. The van der Waals surface area contributed by atoms with Crippen LogP contribution in [0.1, 0.15) is 51.1 Å². The van der Waals surface area contributed by atoms with Crippen molar-refractivity contribution in [2.75, 3.05) is 0 Å². The molecule has 2 aromatic rings. The average molecular weight is 272 g/mol. The Balaban J connectivity index is 2.65. The van der Waals surface area contributed by atoms with Crippen LogP contribution in [0.2, 0.25) is 0 Å². The highest BCUT2D eigenvalue weighted by atomic mass is 16.3. The second kappa shape index (κ2) is 5.31. The highest BCUT2D eigenvalue weighted by molar-refractivity contribution is 5.45. The van der Waals surface area contributed by atoms with Crippen LogP contribution in [0.25, 0.3) is 5.69 Å². The first kappa shape index (κ1) is 14.6. The summed E-state index contributed by atoms with van der Waals surface area (Å²) in [4.78, 5) is 0. The monoisotopic (exact) mass is 272 g/mol. The topological polar surface area (TPSA) is 38.0 Å². The minimum absolute atomic E-state index is 0.160. The Labute approximate surface area is 121 Å². The van der Waals surface area contributed by atoms with Crippen molar-refractivity contribution in [2.45, 2.75) is 52.9 Å². The SMILES string of the molecule is CCCc1nn(-c2cccc(C)c2)c(C(C)(C)C)c1O. The minimum atomic E-state index is -0.160. The summed E-state index contributed by atoms with van der Waals surface area (Å²) in [5.74, 6) is 0.348. The smallest absolute Gasteiger partial charge is 0.161 e. The number of rotatable bonds is 3. The maximum atomic E-state index is 10.5. The molecule has 1 heterocycles. The van der Waals surface area contributed by atoms with Crippen molar-refractivity contribution >= 4 is 0 Å². The first-order valence-electron chi connectivity index (χ1n) is 7.23. The van der Waals surface area contributed by atoms with Gasteiger partial charge in [-0.15, -0.1) is 0 Å². The summed E-state index contributed by atoms with van der Waals surface area (Å²) in [6.07, 6.45) is 1.77. The van der Waals surface area contributed by atoms with Crippen LogP contribution in [0.4, 0.5) is 0 Å². The zero-order valence-electron chi connectivity index (χ0n) is 13.1. The zero-order chi connectivity index (χ0) is 14.9. The van der Waals surface area contributed by atoms with E-state index in [9.17, 15) is 5.11 Å². The van der Waals surface area contributed by atoms with Crippen LogP contribution >= 0.6 is 0 Å². The van der Waals surface area contributed by atoms with E-state index in [4.69, 9.17) is 0 Å². The van der Waals surface area contributed by atoms with Crippen molar-refractivity contribution < 1.29 is 5.11 Å². The Bertz CT molecular complexity index is 606. The number of aromatic nitrogens is 2. The van der Waals surface area contributed by atoms with E-state index >= 15 is 0 Å². The molecule has 0 aliphatic heterocycles. The Morgan fingerprint density at radius 3 is 2.50 bits per heavy atom. The molecule has 0 radical (unpaired) electrons. The molecule has 1 aromatic carbocycles. The molecule has 0 aliphatic carbocycles. The van der Waals surface area contributed by atoms with Gasteiger partial charge in [-0.05, 0) is 31.0 Å². The van der Waals surface area contributed by atoms with Crippen molar-refractivity contribution in [3.05, 3.63) is 41.2 Å². The van der Waals surface area contributed by atoms with E-state index in [1.807, 2.05) is 16.8 Å².